The number of nitrogens with one attached hydrogen (secondary N) is 1. The molecule has 0 radical (unpaired) electrons. The molecule has 3 heterocycles. The number of nitrogens with zero attached hydrogens (tertiary/aromatic N) is 7. The summed E-state index contributed by atoms with van der Waals surface area (Å²) in [5, 5.41) is 14.5. The van der Waals surface area contributed by atoms with Gasteiger partial charge in [0, 0.05) is 25.1 Å². The summed E-state index contributed by atoms with van der Waals surface area (Å²) in [6, 6.07) is 25.0. The Labute approximate surface area is 241 Å². The number of aromatic amines is 1. The Morgan fingerprint density at radius 3 is 2.26 bits per heavy atom. The minimum atomic E-state index is -0.444. The molecule has 3 aromatic carbocycles. The van der Waals surface area contributed by atoms with E-state index in [1.807, 2.05) is 73.0 Å². The maximum absolute atomic E-state index is 14.0. The minimum absolute atomic E-state index is 0.00839. The Kier molecular flexibility index (Phi) is 7.32. The van der Waals surface area contributed by atoms with Crippen LogP contribution in [0.25, 0.3) is 39.4 Å². The summed E-state index contributed by atoms with van der Waals surface area (Å²) < 4.78 is 9.98. The highest BCUT2D eigenvalue weighted by Gasteiger charge is 2.24. The number of fused-ring (bicyclic) bond motifs is 1. The first-order valence-electron chi connectivity index (χ1n) is 13.7. The van der Waals surface area contributed by atoms with Crippen LogP contribution in [0.4, 0.5) is 0 Å². The molecule has 0 unspecified atom stereocenters. The van der Waals surface area contributed by atoms with Gasteiger partial charge in [0.1, 0.15) is 5.82 Å². The molecule has 0 atom stereocenters. The Bertz CT molecular complexity index is 1950. The van der Waals surface area contributed by atoms with Crippen LogP contribution in [0.5, 0.6) is 0 Å². The van der Waals surface area contributed by atoms with Crippen molar-refractivity contribution in [2.24, 2.45) is 0 Å². The van der Waals surface area contributed by atoms with Gasteiger partial charge in [-0.1, -0.05) is 80.6 Å². The topological polar surface area (TPSA) is 126 Å². The van der Waals surface area contributed by atoms with Gasteiger partial charge < -0.3 is 9.30 Å². The average molecular weight is 563 g/mol. The third kappa shape index (κ3) is 4.83. The lowest BCUT2D eigenvalue weighted by molar-refractivity contribution is 0.186. The third-order valence-electron chi connectivity index (χ3n) is 7.23. The molecule has 0 amide bonds. The first-order valence-corrected chi connectivity index (χ1v) is 13.7. The predicted molar refractivity (Wildman–Crippen MR) is 160 cm³/mol. The summed E-state index contributed by atoms with van der Waals surface area (Å²) in [6.45, 7) is 5.04. The molecule has 0 aliphatic heterocycles. The number of benzene rings is 3. The van der Waals surface area contributed by atoms with Gasteiger partial charge in [-0.05, 0) is 34.0 Å². The average Bonchev–Trinajstić information content (AvgIpc) is 3.67. The molecule has 11 heteroatoms. The number of aromatic nitrogens is 8. The summed E-state index contributed by atoms with van der Waals surface area (Å²) in [6.07, 6.45) is 0. The zero-order valence-corrected chi connectivity index (χ0v) is 23.6. The van der Waals surface area contributed by atoms with E-state index in [2.05, 4.69) is 20.6 Å². The van der Waals surface area contributed by atoms with E-state index in [4.69, 9.17) is 9.72 Å². The second-order valence-electron chi connectivity index (χ2n) is 10.3. The molecule has 0 aliphatic rings. The van der Waals surface area contributed by atoms with Gasteiger partial charge >= 0.3 is 5.69 Å². The second-order valence-corrected chi connectivity index (χ2v) is 10.3. The van der Waals surface area contributed by atoms with E-state index in [0.717, 1.165) is 28.1 Å². The van der Waals surface area contributed by atoms with Crippen molar-refractivity contribution in [1.29, 1.82) is 0 Å². The molecule has 42 heavy (non-hydrogen) atoms. The monoisotopic (exact) mass is 562 g/mol. The van der Waals surface area contributed by atoms with E-state index in [9.17, 15) is 9.59 Å². The van der Waals surface area contributed by atoms with Gasteiger partial charge in [0.15, 0.2) is 11.2 Å². The van der Waals surface area contributed by atoms with Crippen LogP contribution >= 0.6 is 0 Å². The summed E-state index contributed by atoms with van der Waals surface area (Å²) in [4.78, 5) is 32.6. The van der Waals surface area contributed by atoms with Crippen LogP contribution in [-0.4, -0.2) is 53.0 Å². The Balaban J connectivity index is 1.48. The van der Waals surface area contributed by atoms with Crippen LogP contribution < -0.4 is 11.2 Å². The van der Waals surface area contributed by atoms with Gasteiger partial charge in [-0.3, -0.25) is 9.36 Å². The standard InChI is InChI=1S/C31H30N8O3/c1-20(2)28-32-29-26(30(40)39(23-9-5-4-6-10-23)31(41)37(29)17-18-42-3)38(28)19-21-13-15-22(16-14-21)24-11-7-8-12-25(24)27-33-35-36-34-27/h4-16,20H,17-19H2,1-3H3,(H,33,34,35,36). The van der Waals surface area contributed by atoms with Crippen molar-refractivity contribution in [3.8, 4) is 28.2 Å². The minimum Gasteiger partial charge on any atom is -0.383 e. The Morgan fingerprint density at radius 2 is 1.60 bits per heavy atom. The van der Waals surface area contributed by atoms with Crippen LogP contribution in [0.1, 0.15) is 31.2 Å². The number of imidazole rings is 1. The van der Waals surface area contributed by atoms with Crippen molar-refractivity contribution >= 4 is 11.2 Å². The van der Waals surface area contributed by atoms with E-state index in [0.29, 0.717) is 35.8 Å². The fourth-order valence-electron chi connectivity index (χ4n) is 5.23. The first kappa shape index (κ1) is 27.0. The summed E-state index contributed by atoms with van der Waals surface area (Å²) in [5.41, 5.74) is 4.24. The van der Waals surface area contributed by atoms with Crippen LogP contribution in [0.15, 0.2) is 88.5 Å². The fourth-order valence-corrected chi connectivity index (χ4v) is 5.23. The highest BCUT2D eigenvalue weighted by atomic mass is 16.5. The molecule has 0 saturated carbocycles. The highest BCUT2D eigenvalue weighted by Crippen LogP contribution is 2.30. The molecule has 1 N–H and O–H groups in total. The molecule has 11 nitrogen and oxygen atoms in total. The van der Waals surface area contributed by atoms with E-state index >= 15 is 0 Å². The number of hydrogen-bond acceptors (Lipinski definition) is 7. The normalized spacial score (nSPS) is 11.5. The van der Waals surface area contributed by atoms with Crippen molar-refractivity contribution in [2.45, 2.75) is 32.9 Å². The molecule has 3 aromatic heterocycles. The van der Waals surface area contributed by atoms with Gasteiger partial charge in [-0.2, -0.15) is 5.21 Å². The molecule has 6 aromatic rings. The maximum Gasteiger partial charge on any atom is 0.337 e. The van der Waals surface area contributed by atoms with Gasteiger partial charge in [-0.15, -0.1) is 10.2 Å². The Morgan fingerprint density at radius 1 is 0.881 bits per heavy atom. The SMILES string of the molecule is COCCn1c(=O)n(-c2ccccc2)c(=O)c2c1nc(C(C)C)n2Cc1ccc(-c2ccccc2-c2nn[nH]n2)cc1. The summed E-state index contributed by atoms with van der Waals surface area (Å²) >= 11 is 0. The van der Waals surface area contributed by atoms with Crippen molar-refractivity contribution < 1.29 is 4.74 Å². The zero-order valence-electron chi connectivity index (χ0n) is 23.6. The van der Waals surface area contributed by atoms with E-state index in [1.165, 1.54) is 9.13 Å². The Hall–Kier alpha value is -5.16. The van der Waals surface area contributed by atoms with Gasteiger partial charge in [-0.25, -0.2) is 14.3 Å². The maximum atomic E-state index is 14.0. The molecule has 0 aliphatic carbocycles. The molecule has 6 rings (SSSR count). The first-order chi connectivity index (χ1) is 20.5. The number of hydrogen-bond donors (Lipinski definition) is 1. The lowest BCUT2D eigenvalue weighted by Crippen LogP contribution is -2.40. The fraction of sp³-hybridized carbons (Fsp3) is 0.226. The van der Waals surface area contributed by atoms with Crippen LogP contribution in [0, 0.1) is 0 Å². The quantitative estimate of drug-likeness (QED) is 0.282. The summed E-state index contributed by atoms with van der Waals surface area (Å²) in [5.74, 6) is 1.26. The lowest BCUT2D eigenvalue weighted by Gasteiger charge is -2.14. The number of tetrazole rings is 1. The van der Waals surface area contributed by atoms with Gasteiger partial charge in [0.2, 0.25) is 5.82 Å². The van der Waals surface area contributed by atoms with Crippen molar-refractivity contribution in [3.63, 3.8) is 0 Å². The van der Waals surface area contributed by atoms with Crippen LogP contribution in [0.3, 0.4) is 0 Å². The molecule has 0 spiro atoms. The number of ether oxygens (including phenoxy) is 1. The number of methoxy groups -OCH3 is 1. The molecule has 0 bridgehead atoms. The summed E-state index contributed by atoms with van der Waals surface area (Å²) in [7, 11) is 1.58. The van der Waals surface area contributed by atoms with Crippen molar-refractivity contribution in [3.05, 3.63) is 111 Å². The van der Waals surface area contributed by atoms with Crippen molar-refractivity contribution in [2.75, 3.05) is 13.7 Å². The number of para-hydroxylation sites is 1. The molecular formula is C31H30N8O3. The van der Waals surface area contributed by atoms with Crippen LogP contribution in [-0.2, 0) is 17.8 Å². The lowest BCUT2D eigenvalue weighted by atomic mass is 9.98. The van der Waals surface area contributed by atoms with Crippen molar-refractivity contribution in [1.82, 2.24) is 39.3 Å². The van der Waals surface area contributed by atoms with E-state index in [1.54, 1.807) is 31.4 Å². The van der Waals surface area contributed by atoms with E-state index in [-0.39, 0.29) is 12.5 Å². The van der Waals surface area contributed by atoms with E-state index < -0.39 is 11.2 Å². The molecule has 0 fully saturated rings. The smallest absolute Gasteiger partial charge is 0.337 e. The number of H-pyrrole nitrogens is 1. The molecular weight excluding hydrogens is 532 g/mol. The second kappa shape index (κ2) is 11.4. The highest BCUT2D eigenvalue weighted by molar-refractivity contribution is 5.80. The third-order valence-corrected chi connectivity index (χ3v) is 7.23. The largest absolute Gasteiger partial charge is 0.383 e. The van der Waals surface area contributed by atoms with Gasteiger partial charge in [0.25, 0.3) is 5.56 Å². The number of rotatable bonds is 9. The molecule has 0 saturated heterocycles. The zero-order chi connectivity index (χ0) is 29.2. The molecule has 212 valence electrons. The van der Waals surface area contributed by atoms with Crippen LogP contribution in [0.2, 0.25) is 0 Å². The predicted octanol–water partition coefficient (Wildman–Crippen LogP) is 4.01. The van der Waals surface area contributed by atoms with Gasteiger partial charge in [0.05, 0.1) is 18.8 Å².